The maximum absolute atomic E-state index is 12.2. The van der Waals surface area contributed by atoms with Gasteiger partial charge in [0.05, 0.1) is 24.3 Å². The van der Waals surface area contributed by atoms with Crippen LogP contribution in [0.2, 0.25) is 0 Å². The second kappa shape index (κ2) is 10.0. The van der Waals surface area contributed by atoms with Crippen LogP contribution >= 0.6 is 0 Å². The molecule has 0 saturated carbocycles. The summed E-state index contributed by atoms with van der Waals surface area (Å²) in [7, 11) is 0. The molecule has 0 aliphatic rings. The minimum atomic E-state index is -0.331. The van der Waals surface area contributed by atoms with Crippen molar-refractivity contribution in [2.45, 2.75) is 13.8 Å². The van der Waals surface area contributed by atoms with E-state index in [0.29, 0.717) is 24.3 Å². The predicted octanol–water partition coefficient (Wildman–Crippen LogP) is 7.68. The zero-order valence-electron chi connectivity index (χ0n) is 20.3. The van der Waals surface area contributed by atoms with Crippen LogP contribution in [0.3, 0.4) is 0 Å². The molecule has 5 aromatic rings. The van der Waals surface area contributed by atoms with Gasteiger partial charge in [-0.05, 0) is 81.9 Å². The molecule has 0 aliphatic carbocycles. The third kappa shape index (κ3) is 4.22. The number of fused-ring (bicyclic) bond motifs is 3. The summed E-state index contributed by atoms with van der Waals surface area (Å²) in [5.74, 6) is -0.663. The minimum absolute atomic E-state index is 0.331. The van der Waals surface area contributed by atoms with E-state index in [1.807, 2.05) is 60.7 Å². The Labute approximate surface area is 210 Å². The highest BCUT2D eigenvalue weighted by Crippen LogP contribution is 2.44. The molecule has 36 heavy (non-hydrogen) atoms. The molecular formula is C32H26O4. The molecule has 0 heterocycles. The monoisotopic (exact) mass is 474 g/mol. The fourth-order valence-corrected chi connectivity index (χ4v) is 4.72. The Bertz CT molecular complexity index is 1440. The lowest BCUT2D eigenvalue weighted by Gasteiger charge is -2.19. The smallest absolute Gasteiger partial charge is 0.338 e. The van der Waals surface area contributed by atoms with Crippen LogP contribution in [0.4, 0.5) is 0 Å². The average molecular weight is 475 g/mol. The molecule has 0 atom stereocenters. The Morgan fingerprint density at radius 3 is 1.17 bits per heavy atom. The number of carbonyl (C=O) groups is 2. The van der Waals surface area contributed by atoms with Gasteiger partial charge in [0, 0.05) is 0 Å². The van der Waals surface area contributed by atoms with Gasteiger partial charge in [-0.25, -0.2) is 9.59 Å². The van der Waals surface area contributed by atoms with Crippen molar-refractivity contribution in [2.24, 2.45) is 0 Å². The van der Waals surface area contributed by atoms with Gasteiger partial charge in [0.1, 0.15) is 0 Å². The van der Waals surface area contributed by atoms with Crippen LogP contribution in [0.1, 0.15) is 34.6 Å². The van der Waals surface area contributed by atoms with Gasteiger partial charge < -0.3 is 9.47 Å². The molecule has 0 N–H and O–H groups in total. The number of hydrogen-bond acceptors (Lipinski definition) is 4. The van der Waals surface area contributed by atoms with Crippen molar-refractivity contribution in [3.63, 3.8) is 0 Å². The fraction of sp³-hybridized carbons (Fsp3) is 0.125. The lowest BCUT2D eigenvalue weighted by Crippen LogP contribution is -2.04. The summed E-state index contributed by atoms with van der Waals surface area (Å²) < 4.78 is 10.3. The molecular weight excluding hydrogens is 448 g/mol. The molecule has 4 nitrogen and oxygen atoms in total. The minimum Gasteiger partial charge on any atom is -0.462 e. The molecule has 0 aromatic heterocycles. The molecule has 0 spiro atoms. The van der Waals surface area contributed by atoms with Crippen LogP contribution < -0.4 is 0 Å². The Hall–Kier alpha value is -4.44. The third-order valence-corrected chi connectivity index (χ3v) is 6.30. The van der Waals surface area contributed by atoms with E-state index in [1.54, 1.807) is 13.8 Å². The maximum atomic E-state index is 12.2. The van der Waals surface area contributed by atoms with Crippen LogP contribution in [0, 0.1) is 0 Å². The van der Waals surface area contributed by atoms with Gasteiger partial charge in [-0.15, -0.1) is 0 Å². The van der Waals surface area contributed by atoms with E-state index >= 15 is 0 Å². The van der Waals surface area contributed by atoms with E-state index in [1.165, 1.54) is 0 Å². The lowest BCUT2D eigenvalue weighted by molar-refractivity contribution is 0.0517. The first-order chi connectivity index (χ1) is 17.6. The number of esters is 2. The standard InChI is InChI=1S/C32H26O4/c1-3-35-31(33)23-17-13-21(14-18-23)29-27-11-7-5-9-25(27)26-10-6-8-12-28(26)30(29)22-15-19-24(20-16-22)32(34)36-4-2/h5-20H,3-4H2,1-2H3. The van der Waals surface area contributed by atoms with Crippen molar-refractivity contribution >= 4 is 33.5 Å². The Morgan fingerprint density at radius 1 is 0.500 bits per heavy atom. The highest BCUT2D eigenvalue weighted by molar-refractivity contribution is 6.21. The molecule has 178 valence electrons. The number of ether oxygens (including phenoxy) is 2. The second-order valence-corrected chi connectivity index (χ2v) is 8.44. The first-order valence-corrected chi connectivity index (χ1v) is 12.1. The van der Waals surface area contributed by atoms with Gasteiger partial charge in [-0.3, -0.25) is 0 Å². The van der Waals surface area contributed by atoms with Crippen LogP contribution in [-0.2, 0) is 9.47 Å². The zero-order valence-corrected chi connectivity index (χ0v) is 20.3. The Kier molecular flexibility index (Phi) is 6.50. The van der Waals surface area contributed by atoms with Gasteiger partial charge in [-0.2, -0.15) is 0 Å². The topological polar surface area (TPSA) is 52.6 Å². The van der Waals surface area contributed by atoms with E-state index in [2.05, 4.69) is 36.4 Å². The summed E-state index contributed by atoms with van der Waals surface area (Å²) >= 11 is 0. The van der Waals surface area contributed by atoms with Crippen LogP contribution in [0.5, 0.6) is 0 Å². The first kappa shape index (κ1) is 23.3. The number of hydrogen-bond donors (Lipinski definition) is 0. The molecule has 5 rings (SSSR count). The van der Waals surface area contributed by atoms with Gasteiger partial charge in [0.2, 0.25) is 0 Å². The van der Waals surface area contributed by atoms with Crippen molar-refractivity contribution in [1.29, 1.82) is 0 Å². The summed E-state index contributed by atoms with van der Waals surface area (Å²) in [6.07, 6.45) is 0. The summed E-state index contributed by atoms with van der Waals surface area (Å²) in [6, 6.07) is 31.9. The molecule has 4 heteroatoms. The predicted molar refractivity (Wildman–Crippen MR) is 144 cm³/mol. The molecule has 0 unspecified atom stereocenters. The Morgan fingerprint density at radius 2 is 0.833 bits per heavy atom. The largest absolute Gasteiger partial charge is 0.462 e. The molecule has 5 aromatic carbocycles. The van der Waals surface area contributed by atoms with E-state index in [0.717, 1.165) is 43.8 Å². The number of rotatable bonds is 6. The average Bonchev–Trinajstić information content (AvgIpc) is 2.93. The molecule has 0 bridgehead atoms. The molecule has 0 fully saturated rings. The van der Waals surface area contributed by atoms with Crippen LogP contribution in [-0.4, -0.2) is 25.2 Å². The zero-order chi connectivity index (χ0) is 25.1. The Balaban J connectivity index is 1.77. The molecule has 0 radical (unpaired) electrons. The number of benzene rings is 5. The van der Waals surface area contributed by atoms with Crippen LogP contribution in [0.25, 0.3) is 43.8 Å². The van der Waals surface area contributed by atoms with E-state index < -0.39 is 0 Å². The van der Waals surface area contributed by atoms with Crippen LogP contribution in [0.15, 0.2) is 97.1 Å². The van der Waals surface area contributed by atoms with Crippen molar-refractivity contribution in [1.82, 2.24) is 0 Å². The molecule has 0 saturated heterocycles. The first-order valence-electron chi connectivity index (χ1n) is 12.1. The van der Waals surface area contributed by atoms with Crippen molar-refractivity contribution in [3.05, 3.63) is 108 Å². The normalized spacial score (nSPS) is 10.9. The summed E-state index contributed by atoms with van der Waals surface area (Å²) in [6.45, 7) is 4.27. The maximum Gasteiger partial charge on any atom is 0.338 e. The van der Waals surface area contributed by atoms with Gasteiger partial charge in [0.15, 0.2) is 0 Å². The highest BCUT2D eigenvalue weighted by atomic mass is 16.5. The summed E-state index contributed by atoms with van der Waals surface area (Å²) in [5.41, 5.74) is 5.17. The SMILES string of the molecule is CCOC(=O)c1ccc(-c2c(-c3ccc(C(=O)OCC)cc3)c3ccccc3c3ccccc23)cc1. The summed E-state index contributed by atoms with van der Waals surface area (Å²) in [4.78, 5) is 24.5. The van der Waals surface area contributed by atoms with Crippen molar-refractivity contribution in [3.8, 4) is 22.3 Å². The second-order valence-electron chi connectivity index (χ2n) is 8.44. The van der Waals surface area contributed by atoms with Gasteiger partial charge >= 0.3 is 11.9 Å². The summed E-state index contributed by atoms with van der Waals surface area (Å²) in [5, 5.41) is 4.54. The quantitative estimate of drug-likeness (QED) is 0.187. The van der Waals surface area contributed by atoms with Gasteiger partial charge in [-0.1, -0.05) is 72.8 Å². The van der Waals surface area contributed by atoms with Crippen molar-refractivity contribution in [2.75, 3.05) is 13.2 Å². The molecule has 0 aliphatic heterocycles. The van der Waals surface area contributed by atoms with E-state index in [9.17, 15) is 9.59 Å². The highest BCUT2D eigenvalue weighted by Gasteiger charge is 2.18. The van der Waals surface area contributed by atoms with E-state index in [4.69, 9.17) is 9.47 Å². The third-order valence-electron chi connectivity index (χ3n) is 6.30. The lowest BCUT2D eigenvalue weighted by atomic mass is 9.84. The van der Waals surface area contributed by atoms with E-state index in [-0.39, 0.29) is 11.9 Å². The number of carbonyl (C=O) groups excluding carboxylic acids is 2. The van der Waals surface area contributed by atoms with Gasteiger partial charge in [0.25, 0.3) is 0 Å². The fourth-order valence-electron chi connectivity index (χ4n) is 4.72. The van der Waals surface area contributed by atoms with Crippen molar-refractivity contribution < 1.29 is 19.1 Å². The molecule has 0 amide bonds.